The molecule has 134 valence electrons. The largest absolute Gasteiger partial charge is 0.339 e. The van der Waals surface area contributed by atoms with Crippen molar-refractivity contribution in [3.8, 4) is 0 Å². The first-order chi connectivity index (χ1) is 11.3. The number of sulfonamides is 1. The second kappa shape index (κ2) is 8.12. The summed E-state index contributed by atoms with van der Waals surface area (Å²) in [5.41, 5.74) is 0.453. The Morgan fingerprint density at radius 1 is 1.08 bits per heavy atom. The molecule has 0 bridgehead atoms. The maximum Gasteiger partial charge on any atom is 0.253 e. The summed E-state index contributed by atoms with van der Waals surface area (Å²) in [6.45, 7) is 5.16. The number of rotatable bonds is 4. The molecule has 1 amide bonds. The van der Waals surface area contributed by atoms with Crippen LogP contribution in [0.5, 0.6) is 0 Å². The van der Waals surface area contributed by atoms with E-state index >= 15 is 0 Å². The van der Waals surface area contributed by atoms with Crippen LogP contribution in [0.1, 0.15) is 56.3 Å². The van der Waals surface area contributed by atoms with E-state index in [2.05, 4.69) is 0 Å². The summed E-state index contributed by atoms with van der Waals surface area (Å²) in [5.74, 6) is -0.0684. The molecule has 2 rings (SSSR count). The average Bonchev–Trinajstić information content (AvgIpc) is 2.53. The van der Waals surface area contributed by atoms with Crippen LogP contribution >= 0.6 is 0 Å². The van der Waals surface area contributed by atoms with Gasteiger partial charge in [-0.3, -0.25) is 4.79 Å². The molecule has 0 spiro atoms. The molecule has 24 heavy (non-hydrogen) atoms. The Morgan fingerprint density at radius 3 is 2.25 bits per heavy atom. The maximum atomic E-state index is 12.8. The highest BCUT2D eigenvalue weighted by atomic mass is 32.2. The van der Waals surface area contributed by atoms with Crippen molar-refractivity contribution in [1.82, 2.24) is 9.21 Å². The molecule has 1 saturated heterocycles. The minimum absolute atomic E-state index is 0.0684. The van der Waals surface area contributed by atoms with E-state index in [-0.39, 0.29) is 16.8 Å². The Labute approximate surface area is 145 Å². The lowest BCUT2D eigenvalue weighted by atomic mass is 10.1. The van der Waals surface area contributed by atoms with Crippen LogP contribution in [0.4, 0.5) is 0 Å². The zero-order chi connectivity index (χ0) is 17.7. The second-order valence-corrected chi connectivity index (χ2v) is 8.70. The molecular weight excluding hydrogens is 324 g/mol. The van der Waals surface area contributed by atoms with Gasteiger partial charge < -0.3 is 4.90 Å². The SMILES string of the molecule is CC(C)N(C)S(=O)(=O)c1cccc(C(=O)N2CCCCCCC2)c1. The lowest BCUT2D eigenvalue weighted by molar-refractivity contribution is 0.0742. The van der Waals surface area contributed by atoms with Gasteiger partial charge in [-0.1, -0.05) is 25.3 Å². The fourth-order valence-electron chi connectivity index (χ4n) is 2.87. The fraction of sp³-hybridized carbons (Fsp3) is 0.611. The van der Waals surface area contributed by atoms with Crippen molar-refractivity contribution in [2.75, 3.05) is 20.1 Å². The third-order valence-electron chi connectivity index (χ3n) is 4.63. The summed E-state index contributed by atoms with van der Waals surface area (Å²) in [7, 11) is -2.01. The lowest BCUT2D eigenvalue weighted by Crippen LogP contribution is -2.35. The number of benzene rings is 1. The van der Waals surface area contributed by atoms with E-state index in [0.29, 0.717) is 5.56 Å². The van der Waals surface area contributed by atoms with Crippen LogP contribution in [0.25, 0.3) is 0 Å². The molecule has 1 aliphatic heterocycles. The van der Waals surface area contributed by atoms with Crippen LogP contribution < -0.4 is 0 Å². The van der Waals surface area contributed by atoms with Crippen LogP contribution in [0.2, 0.25) is 0 Å². The predicted octanol–water partition coefficient (Wildman–Crippen LogP) is 3.12. The van der Waals surface area contributed by atoms with Crippen LogP contribution in [-0.2, 0) is 10.0 Å². The van der Waals surface area contributed by atoms with Gasteiger partial charge >= 0.3 is 0 Å². The third kappa shape index (κ3) is 4.36. The van der Waals surface area contributed by atoms with E-state index < -0.39 is 10.0 Å². The zero-order valence-corrected chi connectivity index (χ0v) is 15.7. The highest BCUT2D eigenvalue weighted by Crippen LogP contribution is 2.20. The van der Waals surface area contributed by atoms with Crippen molar-refractivity contribution in [2.24, 2.45) is 0 Å². The number of likely N-dealkylation sites (tertiary alicyclic amines) is 1. The van der Waals surface area contributed by atoms with Gasteiger partial charge in [0.1, 0.15) is 0 Å². The van der Waals surface area contributed by atoms with Gasteiger partial charge in [0.25, 0.3) is 5.91 Å². The molecule has 1 fully saturated rings. The number of hydrogen-bond acceptors (Lipinski definition) is 3. The van der Waals surface area contributed by atoms with Gasteiger partial charge in [-0.05, 0) is 44.9 Å². The predicted molar refractivity (Wildman–Crippen MR) is 95.5 cm³/mol. The molecule has 0 unspecified atom stereocenters. The Kier molecular flexibility index (Phi) is 6.40. The molecule has 0 aromatic heterocycles. The number of amides is 1. The van der Waals surface area contributed by atoms with Gasteiger partial charge in [0.2, 0.25) is 10.0 Å². The Bertz CT molecular complexity index is 663. The normalized spacial score (nSPS) is 17.0. The van der Waals surface area contributed by atoms with Crippen molar-refractivity contribution < 1.29 is 13.2 Å². The van der Waals surface area contributed by atoms with Crippen molar-refractivity contribution in [1.29, 1.82) is 0 Å². The molecule has 1 aliphatic rings. The van der Waals surface area contributed by atoms with Gasteiger partial charge in [-0.2, -0.15) is 4.31 Å². The molecule has 1 aromatic carbocycles. The molecular formula is C18H28N2O3S. The standard InChI is InChI=1S/C18H28N2O3S/c1-15(2)19(3)24(22,23)17-11-9-10-16(14-17)18(21)20-12-7-5-4-6-8-13-20/h9-11,14-15H,4-8,12-13H2,1-3H3. The van der Waals surface area contributed by atoms with Gasteiger partial charge in [0.15, 0.2) is 0 Å². The Balaban J connectivity index is 2.24. The first-order valence-corrected chi connectivity index (χ1v) is 10.2. The summed E-state index contributed by atoms with van der Waals surface area (Å²) in [5, 5.41) is 0. The minimum atomic E-state index is -3.58. The highest BCUT2D eigenvalue weighted by molar-refractivity contribution is 7.89. The lowest BCUT2D eigenvalue weighted by Gasteiger charge is -2.25. The monoisotopic (exact) mass is 352 g/mol. The van der Waals surface area contributed by atoms with Crippen molar-refractivity contribution in [3.63, 3.8) is 0 Å². The summed E-state index contributed by atoms with van der Waals surface area (Å²) in [4.78, 5) is 14.8. The van der Waals surface area contributed by atoms with Gasteiger partial charge in [-0.25, -0.2) is 8.42 Å². The van der Waals surface area contributed by atoms with E-state index in [1.807, 2.05) is 18.7 Å². The van der Waals surface area contributed by atoms with E-state index in [1.165, 1.54) is 16.8 Å². The van der Waals surface area contributed by atoms with E-state index in [4.69, 9.17) is 0 Å². The van der Waals surface area contributed by atoms with Crippen molar-refractivity contribution in [3.05, 3.63) is 29.8 Å². The minimum Gasteiger partial charge on any atom is -0.339 e. The fourth-order valence-corrected chi connectivity index (χ4v) is 4.28. The topological polar surface area (TPSA) is 57.7 Å². The van der Waals surface area contributed by atoms with Gasteiger partial charge in [0.05, 0.1) is 4.90 Å². The summed E-state index contributed by atoms with van der Waals surface area (Å²) in [6.07, 6.45) is 5.56. The van der Waals surface area contributed by atoms with Crippen LogP contribution in [-0.4, -0.2) is 49.7 Å². The average molecular weight is 353 g/mol. The van der Waals surface area contributed by atoms with E-state index in [9.17, 15) is 13.2 Å². The van der Waals surface area contributed by atoms with Crippen LogP contribution in [0.3, 0.4) is 0 Å². The molecule has 0 radical (unpaired) electrons. The third-order valence-corrected chi connectivity index (χ3v) is 6.66. The number of nitrogens with zero attached hydrogens (tertiary/aromatic N) is 2. The maximum absolute atomic E-state index is 12.8. The Hall–Kier alpha value is -1.40. The number of carbonyl (C=O) groups excluding carboxylic acids is 1. The second-order valence-electron chi connectivity index (χ2n) is 6.70. The zero-order valence-electron chi connectivity index (χ0n) is 14.9. The molecule has 6 heteroatoms. The van der Waals surface area contributed by atoms with E-state index in [1.54, 1.807) is 25.2 Å². The highest BCUT2D eigenvalue weighted by Gasteiger charge is 2.25. The molecule has 0 aliphatic carbocycles. The van der Waals surface area contributed by atoms with Crippen LogP contribution in [0.15, 0.2) is 29.2 Å². The first-order valence-electron chi connectivity index (χ1n) is 8.71. The molecule has 0 atom stereocenters. The summed E-state index contributed by atoms with van der Waals surface area (Å²) < 4.78 is 26.6. The number of hydrogen-bond donors (Lipinski definition) is 0. The van der Waals surface area contributed by atoms with Gasteiger partial charge in [0, 0.05) is 31.7 Å². The molecule has 0 N–H and O–H groups in total. The van der Waals surface area contributed by atoms with Gasteiger partial charge in [-0.15, -0.1) is 0 Å². The molecule has 5 nitrogen and oxygen atoms in total. The summed E-state index contributed by atoms with van der Waals surface area (Å²) >= 11 is 0. The summed E-state index contributed by atoms with van der Waals surface area (Å²) in [6, 6.07) is 6.28. The number of carbonyl (C=O) groups is 1. The smallest absolute Gasteiger partial charge is 0.253 e. The van der Waals surface area contributed by atoms with Crippen molar-refractivity contribution >= 4 is 15.9 Å². The molecule has 1 heterocycles. The van der Waals surface area contributed by atoms with Crippen LogP contribution in [0, 0.1) is 0 Å². The Morgan fingerprint density at radius 2 is 1.67 bits per heavy atom. The quantitative estimate of drug-likeness (QED) is 0.836. The van der Waals surface area contributed by atoms with E-state index in [0.717, 1.165) is 38.8 Å². The van der Waals surface area contributed by atoms with Crippen molar-refractivity contribution in [2.45, 2.75) is 56.9 Å². The molecule has 1 aromatic rings. The molecule has 0 saturated carbocycles. The first kappa shape index (κ1) is 18.9.